The number of carbonyl (C=O) groups excluding carboxylic acids is 1. The van der Waals surface area contributed by atoms with Crippen molar-refractivity contribution < 1.29 is 14.3 Å². The summed E-state index contributed by atoms with van der Waals surface area (Å²) < 4.78 is 10.9. The van der Waals surface area contributed by atoms with Gasteiger partial charge in [0.2, 0.25) is 5.90 Å². The molecule has 1 fully saturated rings. The summed E-state index contributed by atoms with van der Waals surface area (Å²) >= 11 is 0. The van der Waals surface area contributed by atoms with Crippen molar-refractivity contribution in [3.8, 4) is 0 Å². The van der Waals surface area contributed by atoms with Gasteiger partial charge in [-0.1, -0.05) is 36.4 Å². The summed E-state index contributed by atoms with van der Waals surface area (Å²) in [5, 5.41) is 1.01. The predicted molar refractivity (Wildman–Crippen MR) is 112 cm³/mol. The number of morpholine rings is 1. The summed E-state index contributed by atoms with van der Waals surface area (Å²) in [5.74, 6) is 0.698. The van der Waals surface area contributed by atoms with Crippen molar-refractivity contribution in [1.82, 2.24) is 4.98 Å². The highest BCUT2D eigenvalue weighted by Gasteiger charge is 2.25. The maximum Gasteiger partial charge on any atom is 0.363 e. The second-order valence-electron chi connectivity index (χ2n) is 6.90. The third kappa shape index (κ3) is 3.50. The number of aliphatic imine (C=N–C) groups is 1. The quantitative estimate of drug-likeness (QED) is 0.511. The molecule has 0 saturated carbocycles. The highest BCUT2D eigenvalue weighted by Crippen LogP contribution is 2.28. The lowest BCUT2D eigenvalue weighted by Gasteiger charge is -2.29. The number of benzene rings is 2. The Bertz CT molecular complexity index is 1130. The topological polar surface area (TPSA) is 64.0 Å². The van der Waals surface area contributed by atoms with Gasteiger partial charge in [0.25, 0.3) is 0 Å². The van der Waals surface area contributed by atoms with Crippen LogP contribution < -0.4 is 4.90 Å². The first-order chi connectivity index (χ1) is 14.3. The highest BCUT2D eigenvalue weighted by atomic mass is 16.6. The second-order valence-corrected chi connectivity index (χ2v) is 6.90. The molecule has 2 aliphatic heterocycles. The van der Waals surface area contributed by atoms with Crippen LogP contribution in [0.15, 0.2) is 71.4 Å². The van der Waals surface area contributed by atoms with Gasteiger partial charge in [-0.05, 0) is 30.3 Å². The zero-order chi connectivity index (χ0) is 19.6. The van der Waals surface area contributed by atoms with Crippen LogP contribution in [0.3, 0.4) is 0 Å². The van der Waals surface area contributed by atoms with Gasteiger partial charge in [-0.15, -0.1) is 0 Å². The zero-order valence-corrected chi connectivity index (χ0v) is 15.7. The minimum absolute atomic E-state index is 0.274. The van der Waals surface area contributed by atoms with Crippen LogP contribution in [0.1, 0.15) is 11.1 Å². The van der Waals surface area contributed by atoms with Gasteiger partial charge in [0, 0.05) is 29.6 Å². The number of rotatable bonds is 3. The van der Waals surface area contributed by atoms with Gasteiger partial charge in [-0.2, -0.15) is 0 Å². The summed E-state index contributed by atoms with van der Waals surface area (Å²) in [4.78, 5) is 23.9. The van der Waals surface area contributed by atoms with E-state index in [1.54, 1.807) is 6.08 Å². The lowest BCUT2D eigenvalue weighted by atomic mass is 10.1. The van der Waals surface area contributed by atoms with Gasteiger partial charge in [-0.25, -0.2) is 14.8 Å². The molecule has 2 aromatic carbocycles. The van der Waals surface area contributed by atoms with Gasteiger partial charge in [-0.3, -0.25) is 0 Å². The van der Waals surface area contributed by atoms with E-state index in [0.29, 0.717) is 19.1 Å². The Kier molecular flexibility index (Phi) is 4.54. The van der Waals surface area contributed by atoms with E-state index in [1.165, 1.54) is 0 Å². The lowest BCUT2D eigenvalue weighted by molar-refractivity contribution is -0.129. The molecular formula is C23H19N3O3. The molecule has 1 aromatic heterocycles. The molecule has 144 valence electrons. The maximum absolute atomic E-state index is 12.5. The Morgan fingerprint density at radius 1 is 0.966 bits per heavy atom. The molecule has 5 rings (SSSR count). The summed E-state index contributed by atoms with van der Waals surface area (Å²) in [5.41, 5.74) is 2.80. The lowest BCUT2D eigenvalue weighted by Crippen LogP contribution is -2.37. The van der Waals surface area contributed by atoms with Crippen LogP contribution in [0.5, 0.6) is 0 Å². The Labute approximate surface area is 168 Å². The van der Waals surface area contributed by atoms with Gasteiger partial charge in [0.1, 0.15) is 5.82 Å². The Balaban J connectivity index is 1.60. The van der Waals surface area contributed by atoms with Gasteiger partial charge in [0.05, 0.1) is 18.7 Å². The number of nitrogens with zero attached hydrogens (tertiary/aromatic N) is 3. The van der Waals surface area contributed by atoms with Crippen molar-refractivity contribution in [2.24, 2.45) is 4.99 Å². The summed E-state index contributed by atoms with van der Waals surface area (Å²) in [6.07, 6.45) is 1.77. The smallest absolute Gasteiger partial charge is 0.363 e. The van der Waals surface area contributed by atoms with Crippen LogP contribution in [-0.2, 0) is 14.3 Å². The van der Waals surface area contributed by atoms with E-state index in [4.69, 9.17) is 14.5 Å². The Morgan fingerprint density at radius 3 is 2.55 bits per heavy atom. The van der Waals surface area contributed by atoms with Gasteiger partial charge >= 0.3 is 5.97 Å². The fraction of sp³-hybridized carbons (Fsp3) is 0.174. The van der Waals surface area contributed by atoms with Crippen LogP contribution in [0, 0.1) is 0 Å². The highest BCUT2D eigenvalue weighted by molar-refractivity contribution is 6.13. The molecule has 0 bridgehead atoms. The van der Waals surface area contributed by atoms with E-state index in [0.717, 1.165) is 40.9 Å². The average molecular weight is 385 g/mol. The summed E-state index contributed by atoms with van der Waals surface area (Å²) in [7, 11) is 0. The van der Waals surface area contributed by atoms with Crippen LogP contribution in [0.4, 0.5) is 5.82 Å². The molecule has 29 heavy (non-hydrogen) atoms. The summed E-state index contributed by atoms with van der Waals surface area (Å²) in [6.45, 7) is 2.82. The number of aromatic nitrogens is 1. The molecule has 0 amide bonds. The molecule has 0 unspecified atom stereocenters. The summed E-state index contributed by atoms with van der Waals surface area (Å²) in [6, 6.07) is 19.4. The first kappa shape index (κ1) is 17.6. The number of hydrogen-bond acceptors (Lipinski definition) is 6. The van der Waals surface area contributed by atoms with E-state index in [9.17, 15) is 4.79 Å². The van der Waals surface area contributed by atoms with E-state index in [2.05, 4.69) is 9.89 Å². The second kappa shape index (κ2) is 7.48. The molecule has 6 nitrogen and oxygen atoms in total. The van der Waals surface area contributed by atoms with Crippen LogP contribution >= 0.6 is 0 Å². The Hall–Kier alpha value is -3.51. The third-order valence-corrected chi connectivity index (χ3v) is 4.98. The van der Waals surface area contributed by atoms with Crippen molar-refractivity contribution in [3.05, 3.63) is 77.5 Å². The monoisotopic (exact) mass is 385 g/mol. The first-order valence-electron chi connectivity index (χ1n) is 9.58. The van der Waals surface area contributed by atoms with E-state index >= 15 is 0 Å². The predicted octanol–water partition coefficient (Wildman–Crippen LogP) is 3.42. The number of cyclic esters (lactones) is 1. The van der Waals surface area contributed by atoms with Crippen molar-refractivity contribution in [3.63, 3.8) is 0 Å². The standard InChI is InChI=1S/C23H19N3O3/c27-23-20(25-22(29-23)16-6-2-1-3-7-16)15-18-14-17-8-4-5-9-19(17)24-21(18)26-10-12-28-13-11-26/h1-9,14-15H,10-13H2/b20-15-. The Morgan fingerprint density at radius 2 is 1.72 bits per heavy atom. The molecule has 0 aliphatic carbocycles. The van der Waals surface area contributed by atoms with Crippen molar-refractivity contribution in [2.75, 3.05) is 31.2 Å². The molecule has 6 heteroatoms. The van der Waals surface area contributed by atoms with Crippen molar-refractivity contribution in [2.45, 2.75) is 0 Å². The number of anilines is 1. The maximum atomic E-state index is 12.5. The molecule has 1 saturated heterocycles. The number of fused-ring (bicyclic) bond motifs is 1. The van der Waals surface area contributed by atoms with Crippen molar-refractivity contribution in [1.29, 1.82) is 0 Å². The average Bonchev–Trinajstić information content (AvgIpc) is 3.15. The minimum atomic E-state index is -0.454. The molecule has 0 atom stereocenters. The number of pyridine rings is 1. The van der Waals surface area contributed by atoms with Crippen molar-refractivity contribution >= 4 is 34.7 Å². The van der Waals surface area contributed by atoms with E-state index in [1.807, 2.05) is 60.7 Å². The molecule has 3 aromatic rings. The van der Waals surface area contributed by atoms with E-state index < -0.39 is 5.97 Å². The molecule has 3 heterocycles. The molecule has 2 aliphatic rings. The number of para-hydroxylation sites is 1. The van der Waals surface area contributed by atoms with Gasteiger partial charge < -0.3 is 14.4 Å². The zero-order valence-electron chi connectivity index (χ0n) is 15.7. The molecule has 0 spiro atoms. The fourth-order valence-corrected chi connectivity index (χ4v) is 3.52. The number of hydrogen-bond donors (Lipinski definition) is 0. The molecule has 0 radical (unpaired) electrons. The fourth-order valence-electron chi connectivity index (χ4n) is 3.52. The first-order valence-corrected chi connectivity index (χ1v) is 9.58. The van der Waals surface area contributed by atoms with Crippen LogP contribution in [0.2, 0.25) is 0 Å². The number of ether oxygens (including phenoxy) is 2. The van der Waals surface area contributed by atoms with E-state index in [-0.39, 0.29) is 5.70 Å². The number of carbonyl (C=O) groups is 1. The molecule has 0 N–H and O–H groups in total. The third-order valence-electron chi connectivity index (χ3n) is 4.98. The van der Waals surface area contributed by atoms with Crippen LogP contribution in [-0.4, -0.2) is 43.2 Å². The minimum Gasteiger partial charge on any atom is -0.402 e. The van der Waals surface area contributed by atoms with Crippen LogP contribution in [0.25, 0.3) is 17.0 Å². The number of esters is 1. The SMILES string of the molecule is O=C1OC(c2ccccc2)=N/C1=C\c1cc2ccccc2nc1N1CCOCC1. The largest absolute Gasteiger partial charge is 0.402 e. The van der Waals surface area contributed by atoms with Gasteiger partial charge in [0.15, 0.2) is 5.70 Å². The molecular weight excluding hydrogens is 366 g/mol. The normalized spacial score (nSPS) is 18.2.